The molecule has 2 atom stereocenters. The number of carboxylic acid groups (broad SMARTS) is 1. The van der Waals surface area contributed by atoms with E-state index in [1.54, 1.807) is 0 Å². The second-order valence-corrected chi connectivity index (χ2v) is 6.16. The van der Waals surface area contributed by atoms with Crippen LogP contribution >= 0.6 is 0 Å². The maximum absolute atomic E-state index is 11.8. The van der Waals surface area contributed by atoms with Crippen LogP contribution < -0.4 is 5.32 Å². The number of carboxylic acids is 1. The molecule has 0 amide bonds. The van der Waals surface area contributed by atoms with Crippen LogP contribution in [-0.2, 0) is 4.79 Å². The maximum Gasteiger partial charge on any atom is 0.325 e. The summed E-state index contributed by atoms with van der Waals surface area (Å²) in [5.74, 6) is -0.375. The minimum absolute atomic E-state index is 0.303. The van der Waals surface area contributed by atoms with Gasteiger partial charge in [-0.1, -0.05) is 6.92 Å². The third kappa shape index (κ3) is 3.09. The summed E-state index contributed by atoms with van der Waals surface area (Å²) in [6.45, 7) is 8.55. The number of rotatable bonds is 6. The van der Waals surface area contributed by atoms with Gasteiger partial charge in [0.1, 0.15) is 5.54 Å². The van der Waals surface area contributed by atoms with E-state index < -0.39 is 11.5 Å². The molecular weight excluding hydrogens is 242 g/mol. The highest BCUT2D eigenvalue weighted by atomic mass is 16.4. The Balaban J connectivity index is 2.09. The van der Waals surface area contributed by atoms with Gasteiger partial charge in [-0.2, -0.15) is 0 Å². The van der Waals surface area contributed by atoms with Crippen LogP contribution in [0.3, 0.4) is 0 Å². The van der Waals surface area contributed by atoms with E-state index in [-0.39, 0.29) is 0 Å². The molecule has 0 radical (unpaired) electrons. The first kappa shape index (κ1) is 14.8. The van der Waals surface area contributed by atoms with Gasteiger partial charge in [-0.3, -0.25) is 9.69 Å². The molecule has 1 aliphatic carbocycles. The van der Waals surface area contributed by atoms with Gasteiger partial charge < -0.3 is 15.3 Å². The van der Waals surface area contributed by atoms with E-state index in [2.05, 4.69) is 29.1 Å². The monoisotopic (exact) mass is 269 g/mol. The lowest BCUT2D eigenvalue weighted by molar-refractivity contribution is -0.147. The predicted molar refractivity (Wildman–Crippen MR) is 75.3 cm³/mol. The predicted octanol–water partition coefficient (Wildman–Crippen LogP) is 0.465. The van der Waals surface area contributed by atoms with Gasteiger partial charge in [0, 0.05) is 32.2 Å². The summed E-state index contributed by atoms with van der Waals surface area (Å²) in [7, 11) is 2.13. The first-order valence-corrected chi connectivity index (χ1v) is 7.40. The summed E-state index contributed by atoms with van der Waals surface area (Å²) < 4.78 is 0. The summed E-state index contributed by atoms with van der Waals surface area (Å²) in [6.07, 6.45) is 2.09. The highest BCUT2D eigenvalue weighted by molar-refractivity contribution is 5.80. The molecule has 2 fully saturated rings. The van der Waals surface area contributed by atoms with Crippen molar-refractivity contribution in [1.29, 1.82) is 0 Å². The minimum atomic E-state index is -0.737. The van der Waals surface area contributed by atoms with E-state index in [1.165, 1.54) is 0 Å². The van der Waals surface area contributed by atoms with Gasteiger partial charge in [0.25, 0.3) is 0 Å². The van der Waals surface area contributed by atoms with Gasteiger partial charge in [-0.25, -0.2) is 0 Å². The van der Waals surface area contributed by atoms with Crippen LogP contribution in [0.2, 0.25) is 0 Å². The van der Waals surface area contributed by atoms with Crippen LogP contribution in [0, 0.1) is 5.92 Å². The van der Waals surface area contributed by atoms with Crippen molar-refractivity contribution in [2.45, 2.75) is 38.3 Å². The summed E-state index contributed by atoms with van der Waals surface area (Å²) in [5.41, 5.74) is -0.737. The number of nitrogens with zero attached hydrogens (tertiary/aromatic N) is 2. The Bertz CT molecular complexity index is 333. The average molecular weight is 269 g/mol. The van der Waals surface area contributed by atoms with Crippen molar-refractivity contribution in [3.05, 3.63) is 0 Å². The summed E-state index contributed by atoms with van der Waals surface area (Å²) in [6, 6.07) is 0.426. The fourth-order valence-electron chi connectivity index (χ4n) is 3.27. The van der Waals surface area contributed by atoms with Gasteiger partial charge in [0.05, 0.1) is 0 Å². The highest BCUT2D eigenvalue weighted by Crippen LogP contribution is 2.40. The number of hydrogen-bond acceptors (Lipinski definition) is 4. The molecule has 2 rings (SSSR count). The smallest absolute Gasteiger partial charge is 0.325 e. The Morgan fingerprint density at radius 2 is 2.11 bits per heavy atom. The van der Waals surface area contributed by atoms with Crippen LogP contribution in [-0.4, -0.2) is 72.2 Å². The van der Waals surface area contributed by atoms with E-state index in [4.69, 9.17) is 0 Å². The van der Waals surface area contributed by atoms with Gasteiger partial charge in [-0.05, 0) is 39.3 Å². The lowest BCUT2D eigenvalue weighted by Gasteiger charge is -2.43. The number of carbonyl (C=O) groups is 1. The summed E-state index contributed by atoms with van der Waals surface area (Å²) >= 11 is 0. The van der Waals surface area contributed by atoms with E-state index >= 15 is 0 Å². The quantitative estimate of drug-likeness (QED) is 0.734. The molecule has 0 spiro atoms. The number of nitrogens with one attached hydrogen (secondary N) is 1. The van der Waals surface area contributed by atoms with Gasteiger partial charge in [0.15, 0.2) is 0 Å². The largest absolute Gasteiger partial charge is 0.480 e. The maximum atomic E-state index is 11.8. The van der Waals surface area contributed by atoms with E-state index in [9.17, 15) is 9.90 Å². The van der Waals surface area contributed by atoms with Crippen molar-refractivity contribution < 1.29 is 9.90 Å². The highest BCUT2D eigenvalue weighted by Gasteiger charge is 2.52. The van der Waals surface area contributed by atoms with Crippen molar-refractivity contribution in [3.8, 4) is 0 Å². The zero-order chi connectivity index (χ0) is 14.0. The third-order valence-corrected chi connectivity index (χ3v) is 4.57. The van der Waals surface area contributed by atoms with Crippen molar-refractivity contribution >= 4 is 5.97 Å². The van der Waals surface area contributed by atoms with Crippen LogP contribution in [0.5, 0.6) is 0 Å². The summed E-state index contributed by atoms with van der Waals surface area (Å²) in [5, 5.41) is 13.0. The third-order valence-electron chi connectivity index (χ3n) is 4.57. The summed E-state index contributed by atoms with van der Waals surface area (Å²) in [4.78, 5) is 16.5. The first-order chi connectivity index (χ1) is 8.99. The fourth-order valence-corrected chi connectivity index (χ4v) is 3.27. The molecular formula is C14H27N3O2. The molecule has 0 aromatic rings. The molecule has 2 aliphatic rings. The zero-order valence-electron chi connectivity index (χ0n) is 12.4. The van der Waals surface area contributed by atoms with E-state index in [0.29, 0.717) is 25.0 Å². The molecule has 1 saturated heterocycles. The van der Waals surface area contributed by atoms with Crippen LogP contribution in [0.25, 0.3) is 0 Å². The van der Waals surface area contributed by atoms with Crippen LogP contribution in [0.4, 0.5) is 0 Å². The topological polar surface area (TPSA) is 55.8 Å². The molecule has 19 heavy (non-hydrogen) atoms. The Kier molecular flexibility index (Phi) is 4.48. The lowest BCUT2D eigenvalue weighted by Crippen LogP contribution is -2.64. The molecule has 5 heteroatoms. The molecule has 1 saturated carbocycles. The van der Waals surface area contributed by atoms with Crippen LogP contribution in [0.15, 0.2) is 0 Å². The molecule has 0 aromatic carbocycles. The molecule has 110 valence electrons. The lowest BCUT2D eigenvalue weighted by atomic mass is 9.91. The molecule has 1 heterocycles. The van der Waals surface area contributed by atoms with E-state index in [1.807, 2.05) is 6.92 Å². The number of likely N-dealkylation sites (N-methyl/N-ethyl adjacent to an activating group) is 2. The standard InChI is InChI=1S/C14H27N3O2/c1-4-15-14(13(18)19,12-5-6-12)10-17-8-7-16(3)9-11(17)2/h11-12,15H,4-10H2,1-3H3,(H,18,19). The number of aliphatic carboxylic acids is 1. The van der Waals surface area contributed by atoms with E-state index in [0.717, 1.165) is 32.5 Å². The molecule has 5 nitrogen and oxygen atoms in total. The molecule has 2 N–H and O–H groups in total. The van der Waals surface area contributed by atoms with Crippen LogP contribution in [0.1, 0.15) is 26.7 Å². The van der Waals surface area contributed by atoms with Crippen molar-refractivity contribution in [2.24, 2.45) is 5.92 Å². The van der Waals surface area contributed by atoms with Crippen molar-refractivity contribution in [1.82, 2.24) is 15.1 Å². The second kappa shape index (κ2) is 5.77. The molecule has 0 aromatic heterocycles. The zero-order valence-corrected chi connectivity index (χ0v) is 12.4. The Labute approximate surface area is 115 Å². The number of piperazine rings is 1. The van der Waals surface area contributed by atoms with Gasteiger partial charge >= 0.3 is 5.97 Å². The second-order valence-electron chi connectivity index (χ2n) is 6.16. The van der Waals surface area contributed by atoms with Crippen molar-refractivity contribution in [3.63, 3.8) is 0 Å². The first-order valence-electron chi connectivity index (χ1n) is 7.40. The fraction of sp³-hybridized carbons (Fsp3) is 0.929. The Morgan fingerprint density at radius 1 is 1.42 bits per heavy atom. The Hall–Kier alpha value is -0.650. The average Bonchev–Trinajstić information content (AvgIpc) is 3.15. The SMILES string of the molecule is CCNC(CN1CCN(C)CC1C)(C(=O)O)C1CC1. The van der Waals surface area contributed by atoms with Gasteiger partial charge in [-0.15, -0.1) is 0 Å². The number of hydrogen-bond donors (Lipinski definition) is 2. The van der Waals surface area contributed by atoms with Crippen molar-refractivity contribution in [2.75, 3.05) is 39.8 Å². The normalized spacial score (nSPS) is 29.1. The molecule has 2 unspecified atom stereocenters. The minimum Gasteiger partial charge on any atom is -0.480 e. The molecule has 0 bridgehead atoms. The van der Waals surface area contributed by atoms with Gasteiger partial charge in [0.2, 0.25) is 0 Å². The Morgan fingerprint density at radius 3 is 2.58 bits per heavy atom. The molecule has 1 aliphatic heterocycles.